The number of nitriles is 1. The van der Waals surface area contributed by atoms with Gasteiger partial charge in [-0.1, -0.05) is 62.2 Å². The number of nitrogens with zero attached hydrogens (tertiary/aromatic N) is 2. The van der Waals surface area contributed by atoms with Gasteiger partial charge in [-0.25, -0.2) is 8.78 Å². The van der Waals surface area contributed by atoms with Crippen LogP contribution in [0.5, 0.6) is 0 Å². The second kappa shape index (κ2) is 12.6. The van der Waals surface area contributed by atoms with Crippen LogP contribution in [0.3, 0.4) is 0 Å². The van der Waals surface area contributed by atoms with Gasteiger partial charge < -0.3 is 20.1 Å². The first kappa shape index (κ1) is 33.3. The van der Waals surface area contributed by atoms with E-state index in [1.165, 1.54) is 24.3 Å². The minimum Gasteiger partial charge on any atom is -0.372 e. The lowest BCUT2D eigenvalue weighted by Gasteiger charge is -2.37. The van der Waals surface area contributed by atoms with Gasteiger partial charge in [-0.3, -0.25) is 9.89 Å². The molecule has 5 rings (SSSR count). The average molecular weight is 661 g/mol. The summed E-state index contributed by atoms with van der Waals surface area (Å²) in [4.78, 5) is 14.3. The molecule has 1 aromatic heterocycles. The van der Waals surface area contributed by atoms with E-state index in [1.54, 1.807) is 12.3 Å². The van der Waals surface area contributed by atoms with Gasteiger partial charge in [-0.2, -0.15) is 10.4 Å². The highest BCUT2D eigenvalue weighted by molar-refractivity contribution is 6.31. The van der Waals surface area contributed by atoms with Crippen molar-refractivity contribution in [1.82, 2.24) is 15.5 Å². The number of carbonyl (C=O) groups excluding carboxylic acids is 1. The summed E-state index contributed by atoms with van der Waals surface area (Å²) in [6.45, 7) is 10.9. The number of benzene rings is 2. The Hall–Kier alpha value is -3.07. The molecule has 2 saturated heterocycles. The Kier molecular flexibility index (Phi) is 9.33. The van der Waals surface area contributed by atoms with Crippen molar-refractivity contribution in [2.45, 2.75) is 82.6 Å². The Morgan fingerprint density at radius 1 is 1.22 bits per heavy atom. The molecule has 8 nitrogen and oxygen atoms in total. The molecule has 0 unspecified atom stereocenters. The summed E-state index contributed by atoms with van der Waals surface area (Å²) in [6.07, 6.45) is 2.48. The normalized spacial score (nSPS) is 24.8. The van der Waals surface area contributed by atoms with E-state index >= 15 is 8.78 Å². The fourth-order valence-electron chi connectivity index (χ4n) is 6.30. The number of hydrogen-bond acceptors (Lipinski definition) is 6. The highest BCUT2D eigenvalue weighted by Crippen LogP contribution is 2.53. The van der Waals surface area contributed by atoms with E-state index in [9.17, 15) is 10.1 Å². The molecule has 0 saturated carbocycles. The maximum atomic E-state index is 15.9. The fraction of sp³-hybridized carbons (Fsp3) is 0.485. The van der Waals surface area contributed by atoms with E-state index in [0.717, 1.165) is 6.07 Å². The molecular weight excluding hydrogens is 623 g/mol. The molecule has 240 valence electrons. The first-order chi connectivity index (χ1) is 21.1. The van der Waals surface area contributed by atoms with Crippen LogP contribution in [-0.4, -0.2) is 53.1 Å². The number of anilines is 1. The third-order valence-corrected chi connectivity index (χ3v) is 8.90. The van der Waals surface area contributed by atoms with E-state index in [-0.39, 0.29) is 32.7 Å². The quantitative estimate of drug-likeness (QED) is 0.209. The summed E-state index contributed by atoms with van der Waals surface area (Å²) in [6, 6.07) is 8.89. The summed E-state index contributed by atoms with van der Waals surface area (Å²) >= 11 is 12.3. The predicted molar refractivity (Wildman–Crippen MR) is 168 cm³/mol. The molecule has 3 N–H and O–H groups in total. The highest BCUT2D eigenvalue weighted by Gasteiger charge is 2.61. The summed E-state index contributed by atoms with van der Waals surface area (Å²) in [5.74, 6) is -2.91. The largest absolute Gasteiger partial charge is 0.372 e. The van der Waals surface area contributed by atoms with Crippen molar-refractivity contribution in [1.29, 1.82) is 5.26 Å². The minimum atomic E-state index is -1.73. The van der Waals surface area contributed by atoms with Crippen molar-refractivity contribution >= 4 is 34.9 Å². The Labute approximate surface area is 271 Å². The molecule has 0 radical (unpaired) electrons. The highest BCUT2D eigenvalue weighted by atomic mass is 35.5. The molecule has 1 amide bonds. The molecule has 3 aromatic rings. The number of epoxide rings is 1. The van der Waals surface area contributed by atoms with E-state index in [0.29, 0.717) is 37.4 Å². The van der Waals surface area contributed by atoms with Crippen LogP contribution in [0.4, 0.5) is 14.6 Å². The maximum absolute atomic E-state index is 15.9. The van der Waals surface area contributed by atoms with E-state index in [1.807, 2.05) is 34.6 Å². The zero-order valence-corrected chi connectivity index (χ0v) is 27.3. The van der Waals surface area contributed by atoms with Gasteiger partial charge in [0, 0.05) is 34.5 Å². The molecule has 2 aliphatic heterocycles. The van der Waals surface area contributed by atoms with Gasteiger partial charge >= 0.3 is 0 Å². The number of H-pyrrole nitrogens is 1. The number of aromatic amines is 1. The average Bonchev–Trinajstić information content (AvgIpc) is 3.62. The Morgan fingerprint density at radius 3 is 2.60 bits per heavy atom. The molecule has 0 aliphatic carbocycles. The Bertz CT molecular complexity index is 1610. The number of carbonyl (C=O) groups is 1. The third kappa shape index (κ3) is 7.03. The van der Waals surface area contributed by atoms with E-state index < -0.39 is 46.6 Å². The number of ether oxygens (including phenoxy) is 2. The molecule has 3 heterocycles. The second-order valence-electron chi connectivity index (χ2n) is 13.6. The minimum absolute atomic E-state index is 0.0107. The van der Waals surface area contributed by atoms with Gasteiger partial charge in [0.1, 0.15) is 29.0 Å². The van der Waals surface area contributed by atoms with Gasteiger partial charge in [-0.05, 0) is 49.4 Å². The zero-order valence-electron chi connectivity index (χ0n) is 25.8. The monoisotopic (exact) mass is 659 g/mol. The molecule has 5 atom stereocenters. The van der Waals surface area contributed by atoms with E-state index in [2.05, 4.69) is 26.9 Å². The standard InChI is InChI=1S/C33H37Cl2F2N5O3/c1-31(2,3)13-25-33(17-38,22-10-9-19(34)11-24(22)36)26(21-7-6-8-23(35)27(21)37)28(40-25)30(43)41-29-18(14-39-42-29)12-32(4,5)45-16-20-15-44-20/h6-11,14,20,25-26,28,40H,12-13,15-16H2,1-5H3,(H2,39,41,42,43)/t20-,25+,26+,28-,33+/m1/s1. The maximum Gasteiger partial charge on any atom is 0.243 e. The topological polar surface area (TPSA) is 115 Å². The molecule has 12 heteroatoms. The van der Waals surface area contributed by atoms with Gasteiger partial charge in [0.15, 0.2) is 0 Å². The number of rotatable bonds is 10. The van der Waals surface area contributed by atoms with Crippen molar-refractivity contribution in [3.05, 3.63) is 81.0 Å². The van der Waals surface area contributed by atoms with Crippen LogP contribution in [-0.2, 0) is 26.1 Å². The van der Waals surface area contributed by atoms with Gasteiger partial charge in [0.05, 0.1) is 42.1 Å². The lowest BCUT2D eigenvalue weighted by Crippen LogP contribution is -2.45. The van der Waals surface area contributed by atoms with Crippen LogP contribution in [0.1, 0.15) is 63.6 Å². The third-order valence-electron chi connectivity index (χ3n) is 8.38. The fourth-order valence-corrected chi connectivity index (χ4v) is 6.64. The van der Waals surface area contributed by atoms with Crippen LogP contribution >= 0.6 is 23.2 Å². The van der Waals surface area contributed by atoms with Crippen molar-refractivity contribution in [2.75, 3.05) is 18.5 Å². The van der Waals surface area contributed by atoms with Gasteiger partial charge in [0.2, 0.25) is 5.91 Å². The number of amides is 1. The molecule has 0 spiro atoms. The number of halogens is 4. The van der Waals surface area contributed by atoms with Crippen LogP contribution in [0, 0.1) is 28.4 Å². The zero-order chi connectivity index (χ0) is 32.7. The molecule has 45 heavy (non-hydrogen) atoms. The summed E-state index contributed by atoms with van der Waals surface area (Å²) in [7, 11) is 0. The SMILES string of the molecule is CC(C)(C)C[C@@H]1N[C@@H](C(=O)Nc2[nH]ncc2CC(C)(C)OC[C@H]2CO2)[C@H](c2cccc(Cl)c2F)[C@@]1(C#N)c1ccc(Cl)cc1F. The van der Waals surface area contributed by atoms with Crippen LogP contribution in [0.15, 0.2) is 42.6 Å². The Balaban J connectivity index is 1.58. The summed E-state index contributed by atoms with van der Waals surface area (Å²) < 4.78 is 43.1. The molecule has 2 aromatic carbocycles. The van der Waals surface area contributed by atoms with Crippen LogP contribution < -0.4 is 10.6 Å². The van der Waals surface area contributed by atoms with E-state index in [4.69, 9.17) is 32.7 Å². The van der Waals surface area contributed by atoms with Gasteiger partial charge in [0.25, 0.3) is 0 Å². The lowest BCUT2D eigenvalue weighted by atomic mass is 9.62. The van der Waals surface area contributed by atoms with Crippen LogP contribution in [0.25, 0.3) is 0 Å². The molecular formula is C33H37Cl2F2N5O3. The summed E-state index contributed by atoms with van der Waals surface area (Å²) in [5.41, 5.74) is -1.96. The van der Waals surface area contributed by atoms with Crippen molar-refractivity contribution in [2.24, 2.45) is 5.41 Å². The van der Waals surface area contributed by atoms with Crippen molar-refractivity contribution in [3.63, 3.8) is 0 Å². The Morgan fingerprint density at radius 2 is 1.96 bits per heavy atom. The van der Waals surface area contributed by atoms with Crippen molar-refractivity contribution in [3.8, 4) is 6.07 Å². The smallest absolute Gasteiger partial charge is 0.243 e. The summed E-state index contributed by atoms with van der Waals surface area (Å²) in [5, 5.41) is 24.2. The lowest BCUT2D eigenvalue weighted by molar-refractivity contribution is -0.118. The number of nitrogens with one attached hydrogen (secondary N) is 3. The molecule has 2 fully saturated rings. The number of hydrogen-bond donors (Lipinski definition) is 3. The number of aromatic nitrogens is 2. The molecule has 0 bridgehead atoms. The predicted octanol–water partition coefficient (Wildman–Crippen LogP) is 6.69. The molecule has 2 aliphatic rings. The van der Waals surface area contributed by atoms with Crippen molar-refractivity contribution < 1.29 is 23.0 Å². The first-order valence-corrected chi connectivity index (χ1v) is 15.6. The second-order valence-corrected chi connectivity index (χ2v) is 14.5. The van der Waals surface area contributed by atoms with Gasteiger partial charge in [-0.15, -0.1) is 0 Å². The first-order valence-electron chi connectivity index (χ1n) is 14.8. The van der Waals surface area contributed by atoms with Crippen LogP contribution in [0.2, 0.25) is 10.0 Å².